The van der Waals surface area contributed by atoms with Crippen molar-refractivity contribution in [2.45, 2.75) is 0 Å². The van der Waals surface area contributed by atoms with E-state index in [1.807, 2.05) is 36.4 Å². The highest BCUT2D eigenvalue weighted by Crippen LogP contribution is 2.43. The Hall–Kier alpha value is -3.01. The number of halogens is 1. The number of hydrogen-bond acceptors (Lipinski definition) is 3. The smallest absolute Gasteiger partial charge is 0.141 e. The Labute approximate surface area is 125 Å². The Bertz CT molecular complexity index is 1070. The van der Waals surface area contributed by atoms with Crippen molar-refractivity contribution in [3.05, 3.63) is 60.5 Å². The van der Waals surface area contributed by atoms with Crippen LogP contribution in [0.3, 0.4) is 0 Å². The van der Waals surface area contributed by atoms with Crippen LogP contribution in [0.1, 0.15) is 0 Å². The van der Waals surface area contributed by atoms with E-state index < -0.39 is 0 Å². The molecule has 1 aliphatic heterocycles. The van der Waals surface area contributed by atoms with Crippen LogP contribution in [0.2, 0.25) is 0 Å². The maximum Gasteiger partial charge on any atom is 0.141 e. The summed E-state index contributed by atoms with van der Waals surface area (Å²) in [6.45, 7) is 0. The standard InChI is InChI=1S/C18H10FN3/c19-12-5-3-7-14-16(12)17-15-11(8-9-20-17)10-4-1-2-6-13(10)21-18(15)22-14/h1-9H,(H,21,22). The van der Waals surface area contributed by atoms with Gasteiger partial charge in [-0.3, -0.25) is 4.98 Å². The molecule has 22 heavy (non-hydrogen) atoms. The Morgan fingerprint density at radius 2 is 1.77 bits per heavy atom. The molecular weight excluding hydrogens is 277 g/mol. The van der Waals surface area contributed by atoms with Crippen molar-refractivity contribution in [3.63, 3.8) is 0 Å². The molecule has 1 N–H and O–H groups in total. The third-order valence-electron chi connectivity index (χ3n) is 4.12. The molecule has 5 rings (SSSR count). The second-order valence-electron chi connectivity index (χ2n) is 5.35. The van der Waals surface area contributed by atoms with Crippen LogP contribution in [0.25, 0.3) is 32.9 Å². The fourth-order valence-corrected chi connectivity index (χ4v) is 3.18. The average Bonchev–Trinajstić information content (AvgIpc) is 2.55. The Balaban J connectivity index is 2.05. The molecule has 2 aromatic heterocycles. The van der Waals surface area contributed by atoms with Gasteiger partial charge < -0.3 is 5.32 Å². The van der Waals surface area contributed by atoms with E-state index in [1.165, 1.54) is 6.07 Å². The molecule has 0 fully saturated rings. The molecule has 0 spiro atoms. The van der Waals surface area contributed by atoms with Crippen LogP contribution in [0.5, 0.6) is 0 Å². The molecule has 3 nitrogen and oxygen atoms in total. The number of nitrogens with zero attached hydrogens (tertiary/aromatic N) is 2. The van der Waals surface area contributed by atoms with Gasteiger partial charge in [-0.25, -0.2) is 9.37 Å². The minimum absolute atomic E-state index is 0.292. The van der Waals surface area contributed by atoms with E-state index >= 15 is 0 Å². The van der Waals surface area contributed by atoms with Gasteiger partial charge in [0.15, 0.2) is 0 Å². The first-order valence-electron chi connectivity index (χ1n) is 7.06. The normalized spacial score (nSPS) is 12.2. The zero-order chi connectivity index (χ0) is 14.7. The van der Waals surface area contributed by atoms with E-state index in [4.69, 9.17) is 0 Å². The number of benzene rings is 2. The van der Waals surface area contributed by atoms with Gasteiger partial charge in [0.1, 0.15) is 11.6 Å². The number of pyridine rings is 2. The van der Waals surface area contributed by atoms with E-state index in [0.29, 0.717) is 16.4 Å². The van der Waals surface area contributed by atoms with E-state index in [2.05, 4.69) is 15.3 Å². The molecule has 104 valence electrons. The third-order valence-corrected chi connectivity index (χ3v) is 4.12. The number of hydrogen-bond donors (Lipinski definition) is 1. The predicted octanol–water partition coefficient (Wildman–Crippen LogP) is 4.65. The Morgan fingerprint density at radius 1 is 0.864 bits per heavy atom. The first-order chi connectivity index (χ1) is 10.8. The van der Waals surface area contributed by atoms with Crippen LogP contribution in [0.4, 0.5) is 15.9 Å². The summed E-state index contributed by atoms with van der Waals surface area (Å²) in [5.41, 5.74) is 4.38. The second kappa shape index (κ2) is 4.01. The van der Waals surface area contributed by atoms with Crippen LogP contribution in [0, 0.1) is 5.82 Å². The van der Waals surface area contributed by atoms with Crippen LogP contribution >= 0.6 is 0 Å². The molecule has 2 aromatic carbocycles. The Morgan fingerprint density at radius 3 is 2.73 bits per heavy atom. The fraction of sp³-hybridized carbons (Fsp3) is 0. The highest BCUT2D eigenvalue weighted by molar-refractivity contribution is 6.16. The topological polar surface area (TPSA) is 37.8 Å². The summed E-state index contributed by atoms with van der Waals surface area (Å²) in [7, 11) is 0. The highest BCUT2D eigenvalue weighted by Gasteiger charge is 2.21. The van der Waals surface area contributed by atoms with Gasteiger partial charge in [-0.2, -0.15) is 0 Å². The maximum absolute atomic E-state index is 14.3. The minimum atomic E-state index is -0.292. The molecule has 0 saturated carbocycles. The molecule has 1 aliphatic rings. The molecule has 3 heterocycles. The predicted molar refractivity (Wildman–Crippen MR) is 85.7 cm³/mol. The van der Waals surface area contributed by atoms with Crippen molar-refractivity contribution in [3.8, 4) is 11.1 Å². The van der Waals surface area contributed by atoms with Crippen LogP contribution in [-0.2, 0) is 0 Å². The largest absolute Gasteiger partial charge is 0.339 e. The van der Waals surface area contributed by atoms with Crippen molar-refractivity contribution in [1.82, 2.24) is 9.97 Å². The zero-order valence-electron chi connectivity index (χ0n) is 11.5. The van der Waals surface area contributed by atoms with Gasteiger partial charge >= 0.3 is 0 Å². The molecule has 4 aromatic rings. The van der Waals surface area contributed by atoms with Crippen LogP contribution in [0.15, 0.2) is 54.7 Å². The molecular formula is C18H10FN3. The summed E-state index contributed by atoms with van der Waals surface area (Å²) in [6, 6.07) is 14.9. The van der Waals surface area contributed by atoms with Crippen LogP contribution in [-0.4, -0.2) is 9.97 Å². The van der Waals surface area contributed by atoms with E-state index in [0.717, 1.165) is 28.0 Å². The van der Waals surface area contributed by atoms with Gasteiger partial charge in [-0.05, 0) is 29.8 Å². The quantitative estimate of drug-likeness (QED) is 0.421. The Kier molecular flexibility index (Phi) is 2.12. The van der Waals surface area contributed by atoms with Crippen molar-refractivity contribution in [2.24, 2.45) is 0 Å². The lowest BCUT2D eigenvalue weighted by Gasteiger charge is -2.21. The molecule has 0 amide bonds. The number of fused-ring (bicyclic) bond motifs is 4. The summed E-state index contributed by atoms with van der Waals surface area (Å²) < 4.78 is 14.3. The molecule has 4 heteroatoms. The van der Waals surface area contributed by atoms with Crippen LogP contribution < -0.4 is 5.32 Å². The average molecular weight is 287 g/mol. The monoisotopic (exact) mass is 287 g/mol. The third kappa shape index (κ3) is 1.39. The molecule has 0 saturated heterocycles. The molecule has 0 radical (unpaired) electrons. The number of anilines is 2. The van der Waals surface area contributed by atoms with Gasteiger partial charge in [-0.15, -0.1) is 0 Å². The second-order valence-corrected chi connectivity index (χ2v) is 5.35. The first kappa shape index (κ1) is 11.6. The molecule has 0 atom stereocenters. The van der Waals surface area contributed by atoms with Gasteiger partial charge in [-0.1, -0.05) is 24.3 Å². The summed E-state index contributed by atoms with van der Waals surface area (Å²) >= 11 is 0. The number of nitrogens with one attached hydrogen (secondary N) is 1. The number of aromatic nitrogens is 2. The summed E-state index contributed by atoms with van der Waals surface area (Å²) in [5, 5.41) is 4.69. The zero-order valence-corrected chi connectivity index (χ0v) is 11.5. The van der Waals surface area contributed by atoms with E-state index in [1.54, 1.807) is 12.3 Å². The lowest BCUT2D eigenvalue weighted by Crippen LogP contribution is -2.04. The van der Waals surface area contributed by atoms with Gasteiger partial charge in [0, 0.05) is 17.4 Å². The van der Waals surface area contributed by atoms with E-state index in [9.17, 15) is 4.39 Å². The SMILES string of the molecule is Fc1cccc2nc3c4c(ccnc4c12)-c1ccccc1N3. The maximum atomic E-state index is 14.3. The van der Waals surface area contributed by atoms with Crippen molar-refractivity contribution >= 4 is 33.3 Å². The molecule has 0 aliphatic carbocycles. The minimum Gasteiger partial charge on any atom is -0.339 e. The van der Waals surface area contributed by atoms with Crippen molar-refractivity contribution in [1.29, 1.82) is 0 Å². The number of rotatable bonds is 0. The molecule has 0 bridgehead atoms. The van der Waals surface area contributed by atoms with Gasteiger partial charge in [0.25, 0.3) is 0 Å². The first-order valence-corrected chi connectivity index (χ1v) is 7.06. The van der Waals surface area contributed by atoms with E-state index in [-0.39, 0.29) is 5.82 Å². The van der Waals surface area contributed by atoms with Crippen molar-refractivity contribution in [2.75, 3.05) is 5.32 Å². The van der Waals surface area contributed by atoms with Gasteiger partial charge in [0.05, 0.1) is 21.8 Å². The lowest BCUT2D eigenvalue weighted by molar-refractivity contribution is 0.640. The van der Waals surface area contributed by atoms with Crippen molar-refractivity contribution < 1.29 is 4.39 Å². The fourth-order valence-electron chi connectivity index (χ4n) is 3.18. The highest BCUT2D eigenvalue weighted by atomic mass is 19.1. The number of para-hydroxylation sites is 1. The summed E-state index contributed by atoms with van der Waals surface area (Å²) in [4.78, 5) is 9.03. The summed E-state index contributed by atoms with van der Waals surface area (Å²) in [6.07, 6.45) is 1.73. The van der Waals surface area contributed by atoms with Gasteiger partial charge in [0.2, 0.25) is 0 Å². The molecule has 0 unspecified atom stereocenters. The summed E-state index contributed by atoms with van der Waals surface area (Å²) in [5.74, 6) is 0.440. The lowest BCUT2D eigenvalue weighted by atomic mass is 9.95.